The minimum absolute atomic E-state index is 0.209. The van der Waals surface area contributed by atoms with Crippen LogP contribution >= 0.6 is 0 Å². The number of aliphatic imine (C=N–C) groups is 2. The zero-order chi connectivity index (χ0) is 30.7. The second-order valence-corrected chi connectivity index (χ2v) is 9.76. The Kier molecular flexibility index (Phi) is 15.4. The fourth-order valence-electron chi connectivity index (χ4n) is 4.53. The molecule has 42 heavy (non-hydrogen) atoms. The average molecular weight is 566 g/mol. The summed E-state index contributed by atoms with van der Waals surface area (Å²) in [6.45, 7) is 14.8. The molecule has 0 aromatic heterocycles. The van der Waals surface area contributed by atoms with Crippen molar-refractivity contribution in [3.05, 3.63) is 114 Å². The Morgan fingerprint density at radius 1 is 0.976 bits per heavy atom. The van der Waals surface area contributed by atoms with Gasteiger partial charge < -0.3 is 14.8 Å². The number of rotatable bonds is 13. The van der Waals surface area contributed by atoms with Gasteiger partial charge in [0.15, 0.2) is 5.84 Å². The van der Waals surface area contributed by atoms with E-state index >= 15 is 0 Å². The number of nitrogens with one attached hydrogen (secondary N) is 1. The zero-order valence-electron chi connectivity index (χ0n) is 26.2. The van der Waals surface area contributed by atoms with Gasteiger partial charge in [-0.3, -0.25) is 0 Å². The molecule has 0 aliphatic carbocycles. The van der Waals surface area contributed by atoms with Crippen LogP contribution < -0.4 is 14.8 Å². The van der Waals surface area contributed by atoms with Gasteiger partial charge in [-0.2, -0.15) is 0 Å². The van der Waals surface area contributed by atoms with Crippen LogP contribution in [0.3, 0.4) is 0 Å². The first-order valence-corrected chi connectivity index (χ1v) is 14.6. The van der Waals surface area contributed by atoms with E-state index in [1.165, 1.54) is 12.0 Å². The van der Waals surface area contributed by atoms with Crippen molar-refractivity contribution in [1.29, 1.82) is 0 Å². The van der Waals surface area contributed by atoms with Crippen LogP contribution in [0.25, 0.3) is 11.1 Å². The number of allylic oxidation sites excluding steroid dienone is 3. The molecular formula is C37H47N3O2. The van der Waals surface area contributed by atoms with E-state index < -0.39 is 0 Å². The van der Waals surface area contributed by atoms with Crippen LogP contribution in [0.15, 0.2) is 113 Å². The lowest BCUT2D eigenvalue weighted by Gasteiger charge is -2.21. The average Bonchev–Trinajstić information content (AvgIpc) is 3.03. The zero-order valence-corrected chi connectivity index (χ0v) is 26.2. The molecule has 1 unspecified atom stereocenters. The smallest absolute Gasteiger partial charge is 0.159 e. The summed E-state index contributed by atoms with van der Waals surface area (Å²) in [5.74, 6) is 2.45. The van der Waals surface area contributed by atoms with E-state index in [-0.39, 0.29) is 5.92 Å². The fourth-order valence-corrected chi connectivity index (χ4v) is 4.53. The summed E-state index contributed by atoms with van der Waals surface area (Å²) in [6, 6.07) is 22.7. The first-order valence-electron chi connectivity index (χ1n) is 14.6. The minimum atomic E-state index is 0.209. The molecule has 5 nitrogen and oxygen atoms in total. The van der Waals surface area contributed by atoms with E-state index in [9.17, 15) is 0 Å². The van der Waals surface area contributed by atoms with E-state index in [4.69, 9.17) is 14.5 Å². The largest absolute Gasteiger partial charge is 0.497 e. The number of para-hydroxylation sites is 1. The Morgan fingerprint density at radius 2 is 1.71 bits per heavy atom. The summed E-state index contributed by atoms with van der Waals surface area (Å²) < 4.78 is 11.2. The summed E-state index contributed by atoms with van der Waals surface area (Å²) in [5.41, 5.74) is 6.12. The third-order valence-electron chi connectivity index (χ3n) is 6.59. The second kappa shape index (κ2) is 19.0. The van der Waals surface area contributed by atoms with E-state index in [0.29, 0.717) is 5.84 Å². The third-order valence-corrected chi connectivity index (χ3v) is 6.59. The first kappa shape index (κ1) is 34.0. The van der Waals surface area contributed by atoms with E-state index in [1.807, 2.05) is 62.5 Å². The summed E-state index contributed by atoms with van der Waals surface area (Å²) >= 11 is 0. The second-order valence-electron chi connectivity index (χ2n) is 9.76. The SMILES string of the molecule is C=C/C(=C\C=C/C)C(N=C)=Nc1ccc(-c2cccc(OC)c2)cc1CC(CCNC)c1ccccc1OC.CCC. The number of hydrogen-bond acceptors (Lipinski definition) is 4. The number of nitrogens with zero attached hydrogens (tertiary/aromatic N) is 2. The highest BCUT2D eigenvalue weighted by Crippen LogP contribution is 2.36. The molecule has 1 N–H and O–H groups in total. The van der Waals surface area contributed by atoms with Crippen molar-refractivity contribution < 1.29 is 9.47 Å². The molecule has 3 aromatic carbocycles. The Balaban J connectivity index is 0.00000197. The molecule has 1 atom stereocenters. The predicted molar refractivity (Wildman–Crippen MR) is 182 cm³/mol. The van der Waals surface area contributed by atoms with Gasteiger partial charge in [-0.25, -0.2) is 9.98 Å². The lowest BCUT2D eigenvalue weighted by molar-refractivity contribution is 0.403. The van der Waals surface area contributed by atoms with Crippen LogP contribution in [-0.2, 0) is 6.42 Å². The highest BCUT2D eigenvalue weighted by Gasteiger charge is 2.19. The lowest BCUT2D eigenvalue weighted by Crippen LogP contribution is -2.14. The Labute approximate surface area is 253 Å². The minimum Gasteiger partial charge on any atom is -0.497 e. The molecule has 0 aliphatic heterocycles. The van der Waals surface area contributed by atoms with E-state index in [2.05, 4.69) is 73.9 Å². The standard InChI is InChI=1S/C34H39N3O2.C3H8/c1-7-9-13-25(8-2)34(36-4)37-32-19-18-27(26-14-12-15-30(24-26)38-5)22-29(32)23-28(20-21-35-3)31-16-10-11-17-33(31)39-6;1-3-2/h7-19,22,24,28,35H,2,4,20-21,23H2,1,3,5-6H3;3H2,1-2H3/b9-7-,25-13+,37-34?;. The van der Waals surface area contributed by atoms with Gasteiger partial charge in [0.25, 0.3) is 0 Å². The molecule has 5 heteroatoms. The maximum Gasteiger partial charge on any atom is 0.159 e. The molecule has 0 bridgehead atoms. The highest BCUT2D eigenvalue weighted by atomic mass is 16.5. The quantitative estimate of drug-likeness (QED) is 0.128. The summed E-state index contributed by atoms with van der Waals surface area (Å²) in [5, 5.41) is 3.31. The molecule has 0 radical (unpaired) electrons. The van der Waals surface area contributed by atoms with Gasteiger partial charge in [0, 0.05) is 5.57 Å². The normalized spacial score (nSPS) is 12.3. The number of methoxy groups -OCH3 is 2. The van der Waals surface area contributed by atoms with Crippen molar-refractivity contribution in [2.24, 2.45) is 9.98 Å². The van der Waals surface area contributed by atoms with Crippen LogP contribution in [0.2, 0.25) is 0 Å². The van der Waals surface area contributed by atoms with E-state index in [0.717, 1.165) is 58.8 Å². The molecule has 0 fully saturated rings. The molecule has 3 rings (SSSR count). The first-order chi connectivity index (χ1) is 20.5. The van der Waals surface area contributed by atoms with Gasteiger partial charge in [0.1, 0.15) is 11.5 Å². The number of amidine groups is 1. The van der Waals surface area contributed by atoms with Crippen LogP contribution in [0.5, 0.6) is 11.5 Å². The Bertz CT molecular complexity index is 1370. The van der Waals surface area contributed by atoms with Gasteiger partial charge in [0.2, 0.25) is 0 Å². The lowest BCUT2D eigenvalue weighted by atomic mass is 9.87. The highest BCUT2D eigenvalue weighted by molar-refractivity contribution is 6.04. The molecule has 222 valence electrons. The maximum absolute atomic E-state index is 5.75. The van der Waals surface area contributed by atoms with Crippen molar-refractivity contribution in [2.45, 2.75) is 46.0 Å². The summed E-state index contributed by atoms with van der Waals surface area (Å²) in [6.07, 6.45) is 10.6. The third kappa shape index (κ3) is 10.0. The molecular weight excluding hydrogens is 518 g/mol. The van der Waals surface area contributed by atoms with Gasteiger partial charge in [-0.15, -0.1) is 0 Å². The number of benzene rings is 3. The molecule has 3 aromatic rings. The van der Waals surface area contributed by atoms with Crippen molar-refractivity contribution in [1.82, 2.24) is 5.32 Å². The molecule has 0 amide bonds. The van der Waals surface area contributed by atoms with E-state index in [1.54, 1.807) is 20.3 Å². The Hall–Kier alpha value is -4.22. The summed E-state index contributed by atoms with van der Waals surface area (Å²) in [7, 11) is 5.39. The molecule has 0 saturated carbocycles. The molecule has 0 heterocycles. The monoisotopic (exact) mass is 565 g/mol. The van der Waals surface area contributed by atoms with Gasteiger partial charge >= 0.3 is 0 Å². The molecule has 0 aliphatic rings. The van der Waals surface area contributed by atoms with Gasteiger partial charge in [-0.05, 0) is 98.6 Å². The number of hydrogen-bond donors (Lipinski definition) is 1. The number of ether oxygens (including phenoxy) is 2. The van der Waals surface area contributed by atoms with Crippen molar-refractivity contribution in [2.75, 3.05) is 27.8 Å². The molecule has 0 spiro atoms. The van der Waals surface area contributed by atoms with Crippen LogP contribution in [-0.4, -0.2) is 40.4 Å². The summed E-state index contributed by atoms with van der Waals surface area (Å²) in [4.78, 5) is 9.23. The van der Waals surface area contributed by atoms with Crippen molar-refractivity contribution in [3.63, 3.8) is 0 Å². The molecule has 0 saturated heterocycles. The van der Waals surface area contributed by atoms with Crippen LogP contribution in [0.4, 0.5) is 5.69 Å². The van der Waals surface area contributed by atoms with Crippen LogP contribution in [0.1, 0.15) is 50.7 Å². The van der Waals surface area contributed by atoms with Crippen molar-refractivity contribution in [3.8, 4) is 22.6 Å². The maximum atomic E-state index is 5.75. The van der Waals surface area contributed by atoms with Crippen molar-refractivity contribution >= 4 is 18.2 Å². The Morgan fingerprint density at radius 3 is 2.36 bits per heavy atom. The van der Waals surface area contributed by atoms with Gasteiger partial charge in [0.05, 0.1) is 19.9 Å². The predicted octanol–water partition coefficient (Wildman–Crippen LogP) is 9.14. The fraction of sp³-hybridized carbons (Fsp3) is 0.297. The van der Waals surface area contributed by atoms with Gasteiger partial charge in [-0.1, -0.05) is 87.5 Å². The van der Waals surface area contributed by atoms with Crippen LogP contribution in [0, 0.1) is 0 Å². The topological polar surface area (TPSA) is 55.2 Å².